The quantitative estimate of drug-likeness (QED) is 0.0884. The summed E-state index contributed by atoms with van der Waals surface area (Å²) in [6.45, 7) is 137. The molecule has 0 amide bonds. The van der Waals surface area contributed by atoms with Gasteiger partial charge in [-0.1, -0.05) is 235 Å². The van der Waals surface area contributed by atoms with Crippen LogP contribution in [-0.4, -0.2) is 392 Å². The lowest BCUT2D eigenvalue weighted by Crippen LogP contribution is -2.52. The van der Waals surface area contributed by atoms with Crippen molar-refractivity contribution in [1.29, 1.82) is 5.26 Å². The molecule has 9 heterocycles. The first kappa shape index (κ1) is 136. The molecule has 19 nitrogen and oxygen atoms in total. The second-order valence-corrected chi connectivity index (χ2v) is 56.3. The predicted molar refractivity (Wildman–Crippen MR) is 603 cm³/mol. The molecule has 0 aromatic heterocycles. The number of hydrogen-bond donors (Lipinski definition) is 1. The van der Waals surface area contributed by atoms with Crippen molar-refractivity contribution in [3.8, 4) is 6.07 Å². The molecule has 10 rings (SSSR count). The summed E-state index contributed by atoms with van der Waals surface area (Å²) >= 11 is 0. The Hall–Kier alpha value is -1.23. The maximum Gasteiger partial charge on any atom is 0.0977 e. The van der Waals surface area contributed by atoms with Gasteiger partial charge in [0, 0.05) is 195 Å². The number of piperidine rings is 1. The number of morpholine rings is 3. The Morgan fingerprint density at radius 2 is 0.650 bits per heavy atom. The lowest BCUT2D eigenvalue weighted by molar-refractivity contribution is -0.0518. The minimum Gasteiger partial charge on any atom is -0.390 e. The van der Waals surface area contributed by atoms with Crippen LogP contribution in [0.1, 0.15) is 393 Å². The largest absolute Gasteiger partial charge is 0.390 e. The molecule has 19 heteroatoms. The zero-order chi connectivity index (χ0) is 103. The number of ether oxygens (including phenoxy) is 3. The van der Waals surface area contributed by atoms with Crippen LogP contribution in [0.3, 0.4) is 0 Å². The minimum absolute atomic E-state index is 0. The Bertz CT molecular complexity index is 2840. The summed E-state index contributed by atoms with van der Waals surface area (Å²) in [6.07, 6.45) is 24.9. The van der Waals surface area contributed by atoms with Gasteiger partial charge in [-0.25, -0.2) is 0 Å². The van der Waals surface area contributed by atoms with E-state index in [1.165, 1.54) is 305 Å². The van der Waals surface area contributed by atoms with Crippen LogP contribution in [0.25, 0.3) is 0 Å². The molecule has 1 aliphatic carbocycles. The van der Waals surface area contributed by atoms with Gasteiger partial charge in [-0.2, -0.15) is 5.26 Å². The molecule has 9 aliphatic heterocycles. The highest BCUT2D eigenvalue weighted by Gasteiger charge is 2.32. The van der Waals surface area contributed by atoms with Crippen LogP contribution >= 0.6 is 0 Å². The fraction of sp³-hybridized carbons (Fsp3) is 0.992. The summed E-state index contributed by atoms with van der Waals surface area (Å²) in [5.74, 6) is 0. The van der Waals surface area contributed by atoms with E-state index in [9.17, 15) is 5.11 Å². The van der Waals surface area contributed by atoms with Gasteiger partial charge in [0.1, 0.15) is 0 Å². The number of rotatable bonds is 26. The zero-order valence-electron chi connectivity index (χ0n) is 99.4. The SMILES string of the molecule is C.CC(C)(C)CC(C)(C)O.CC(C)(C)CCCN1CCN(C2CCC2)CC1.CC(C)(C)CCCN1CCOCC1.CC(C)(C)CCN1CCCC[C@@H]1C#N.CC(C)(C)CCN1CCOCC1.CC(C)N1CCN(CCCC(C)(C)C)CC1.CCCN1CCN(CC(C)(C)C)CC1.CCCN1CCN(CCC(C)(C)C)CC1.CN1CCN(CC(C)(C)C)CC1.C[C@H]1CN(CCC(C)(C)C)[C@@H](C)CO1. The van der Waals surface area contributed by atoms with Gasteiger partial charge in [-0.05, 0) is 284 Å². The summed E-state index contributed by atoms with van der Waals surface area (Å²) < 4.78 is 16.2. The molecule has 0 unspecified atom stereocenters. The third kappa shape index (κ3) is 80.5. The van der Waals surface area contributed by atoms with Gasteiger partial charge in [0.25, 0.3) is 0 Å². The second-order valence-electron chi connectivity index (χ2n) is 56.3. The van der Waals surface area contributed by atoms with Gasteiger partial charge < -0.3 is 58.5 Å². The van der Waals surface area contributed by atoms with Crippen molar-refractivity contribution in [2.24, 2.45) is 54.1 Å². The van der Waals surface area contributed by atoms with E-state index in [0.29, 0.717) is 60.9 Å². The summed E-state index contributed by atoms with van der Waals surface area (Å²) in [7, 11) is 2.20. The fourth-order valence-corrected chi connectivity index (χ4v) is 19.1. The number of piperazine rings is 5. The number of aliphatic hydroxyl groups is 1. The molecular formula is C118H249N15O4. The van der Waals surface area contributed by atoms with Crippen LogP contribution in [0.4, 0.5) is 0 Å². The fourth-order valence-electron chi connectivity index (χ4n) is 19.1. The van der Waals surface area contributed by atoms with Crippen molar-refractivity contribution in [2.45, 2.75) is 428 Å². The first-order valence-corrected chi connectivity index (χ1v) is 56.7. The van der Waals surface area contributed by atoms with Crippen molar-refractivity contribution in [2.75, 3.05) is 282 Å². The van der Waals surface area contributed by atoms with Crippen molar-refractivity contribution in [3.05, 3.63) is 0 Å². The molecule has 137 heavy (non-hydrogen) atoms. The van der Waals surface area contributed by atoms with E-state index >= 15 is 0 Å². The van der Waals surface area contributed by atoms with E-state index < -0.39 is 5.60 Å². The summed E-state index contributed by atoms with van der Waals surface area (Å²) in [5, 5.41) is 18.4. The lowest BCUT2D eigenvalue weighted by Gasteiger charge is -2.43. The van der Waals surface area contributed by atoms with Crippen molar-refractivity contribution >= 4 is 0 Å². The topological polar surface area (TPSA) is 117 Å². The Morgan fingerprint density at radius 3 is 0.964 bits per heavy atom. The minimum atomic E-state index is -0.516. The molecule has 1 N–H and O–H groups in total. The molecule has 0 radical (unpaired) electrons. The standard InChI is InChI=1S/C15H30N2.C14H30N2.C13H28N2.C12H22N2.C12H26N2.C12H25NO.C11H23NO.C10H22N2.C10H21NO.C8H18O.CH4/c1-15(2,3)8-5-9-16-10-12-17(13-11-16)14-6-4-7-14;1-13(2)16-11-9-15(10-12-16)8-6-7-14(3,4)5;1-5-7-14-9-11-15(12-10-14)8-6-13(2,3)4;1-12(2,3)7-9-14-8-5-4-6-11(14)10-13;1-5-6-13-7-9-14(10-8-13)11-12(2,3)4;1-10-9-14-11(2)8-13(10)7-6-12(3,4)5;1-11(2,3)5-4-6-12-7-9-13-10-8-12;1-10(2,3)9-12-7-5-11(4)6-8-12;1-10(2,3)4-5-11-6-8-12-9-7-11;1-7(2,3)6-8(4,5)9;/h14H,4-13H2,1-3H3;13H,6-12H2,1-5H3;5-12H2,1-4H3;11H,4-9H2,1-3H3;5-11H2,1-4H3;10-11H,6-9H2,1-5H3;4-10H2,1-3H3;5-9H2,1-4H3;4-9H2,1-3H3;9H,6H2,1-5H3;1H4/t;;;11-;;10-,11-;;;;;/m...1.0...../s1. The number of hydrogen-bond acceptors (Lipinski definition) is 19. The molecular weight excluding hydrogens is 1690 g/mol. The average molecular weight is 1940 g/mol. The number of nitriles is 1. The van der Waals surface area contributed by atoms with E-state index in [0.717, 1.165) is 104 Å². The van der Waals surface area contributed by atoms with Crippen molar-refractivity contribution < 1.29 is 19.3 Å². The monoisotopic (exact) mass is 1940 g/mol. The Balaban J connectivity index is 0.00000150. The molecule has 9 saturated heterocycles. The molecule has 820 valence electrons. The van der Waals surface area contributed by atoms with Crippen molar-refractivity contribution in [3.63, 3.8) is 0 Å². The zero-order valence-corrected chi connectivity index (χ0v) is 99.4. The molecule has 0 spiro atoms. The summed E-state index contributed by atoms with van der Waals surface area (Å²) in [6, 6.07) is 4.86. The van der Waals surface area contributed by atoms with Gasteiger partial charge in [0.15, 0.2) is 0 Å². The van der Waals surface area contributed by atoms with Crippen LogP contribution in [0.5, 0.6) is 0 Å². The van der Waals surface area contributed by atoms with Crippen LogP contribution in [0.2, 0.25) is 0 Å². The second kappa shape index (κ2) is 69.1. The Kier molecular flexibility index (Phi) is 68.5. The van der Waals surface area contributed by atoms with Crippen LogP contribution in [0, 0.1) is 65.5 Å². The number of likely N-dealkylation sites (tertiary alicyclic amines) is 1. The van der Waals surface area contributed by atoms with Gasteiger partial charge >= 0.3 is 0 Å². The highest BCUT2D eigenvalue weighted by atomic mass is 16.5. The van der Waals surface area contributed by atoms with E-state index in [1.807, 2.05) is 13.8 Å². The molecule has 3 atom stereocenters. The van der Waals surface area contributed by atoms with Crippen molar-refractivity contribution in [1.82, 2.24) is 68.6 Å². The number of likely N-dealkylation sites (N-methyl/N-ethyl adjacent to an activating group) is 1. The van der Waals surface area contributed by atoms with Gasteiger partial charge in [-0.15, -0.1) is 0 Å². The highest BCUT2D eigenvalue weighted by molar-refractivity contribution is 4.95. The Labute approximate surface area is 859 Å². The van der Waals surface area contributed by atoms with E-state index in [1.54, 1.807) is 0 Å². The molecule has 0 aromatic rings. The molecule has 10 aliphatic rings. The van der Waals surface area contributed by atoms with E-state index in [2.05, 4.69) is 331 Å². The number of nitrogens with zero attached hydrogens (tertiary/aromatic N) is 15. The third-order valence-corrected chi connectivity index (χ3v) is 27.7. The van der Waals surface area contributed by atoms with E-state index in [4.69, 9.17) is 19.5 Å². The van der Waals surface area contributed by atoms with E-state index in [-0.39, 0.29) is 18.9 Å². The normalized spacial score (nSPS) is 22.4. The van der Waals surface area contributed by atoms with Gasteiger partial charge in [0.05, 0.1) is 56.9 Å². The average Bonchev–Trinajstić information content (AvgIpc) is 0.843. The molecule has 0 aromatic carbocycles. The first-order chi connectivity index (χ1) is 62.7. The molecule has 10 fully saturated rings. The van der Waals surface area contributed by atoms with Crippen LogP contribution in [-0.2, 0) is 14.2 Å². The Morgan fingerprint density at radius 1 is 0.336 bits per heavy atom. The first-order valence-electron chi connectivity index (χ1n) is 56.7. The smallest absolute Gasteiger partial charge is 0.0977 e. The lowest BCUT2D eigenvalue weighted by atomic mass is 9.84. The summed E-state index contributed by atoms with van der Waals surface area (Å²) in [5.41, 5.74) is 3.91. The molecule has 0 bridgehead atoms. The van der Waals surface area contributed by atoms with Gasteiger partial charge in [-0.3, -0.25) is 29.4 Å². The predicted octanol–water partition coefficient (Wildman–Crippen LogP) is 23.7. The van der Waals surface area contributed by atoms with Crippen LogP contribution in [0.15, 0.2) is 0 Å². The summed E-state index contributed by atoms with van der Waals surface area (Å²) in [4.78, 5) is 35.9. The maximum absolute atomic E-state index is 9.35. The maximum atomic E-state index is 9.35. The third-order valence-electron chi connectivity index (χ3n) is 27.7. The highest BCUT2D eigenvalue weighted by Crippen LogP contribution is 2.31. The van der Waals surface area contributed by atoms with Crippen LogP contribution < -0.4 is 0 Å². The molecule has 1 saturated carbocycles. The van der Waals surface area contributed by atoms with Gasteiger partial charge in [0.2, 0.25) is 0 Å².